The van der Waals surface area contributed by atoms with Gasteiger partial charge in [-0.15, -0.1) is 0 Å². The number of aliphatic hydroxyl groups is 8. The van der Waals surface area contributed by atoms with Gasteiger partial charge in [-0.1, -0.05) is 14.9 Å². The first-order valence-electron chi connectivity index (χ1n) is 24.4. The Bertz CT molecular complexity index is 2150. The Labute approximate surface area is 483 Å². The molecule has 6 amide bonds. The van der Waals surface area contributed by atoms with Crippen molar-refractivity contribution in [2.24, 2.45) is 11.5 Å². The zero-order valence-corrected chi connectivity index (χ0v) is 43.7. The molecule has 86 heavy (non-hydrogen) atoms. The Balaban J connectivity index is -0.000000794. The minimum Gasteiger partial charge on any atom is -0.481 e. The molecule has 2 unspecified atom stereocenters. The number of ketones is 4. The highest BCUT2D eigenvalue weighted by atomic mass is 19.4. The van der Waals surface area contributed by atoms with E-state index in [1.54, 1.807) is 0 Å². The summed E-state index contributed by atoms with van der Waals surface area (Å²) in [5, 5.41) is 125. The van der Waals surface area contributed by atoms with Crippen molar-refractivity contribution < 1.29 is 155 Å². The van der Waals surface area contributed by atoms with E-state index >= 15 is 0 Å². The molecule has 0 spiro atoms. The van der Waals surface area contributed by atoms with E-state index in [1.165, 1.54) is 10.6 Å². The van der Waals surface area contributed by atoms with Crippen molar-refractivity contribution in [3.8, 4) is 0 Å². The number of carboxylic acids is 4. The number of hydrogen-bond donors (Lipinski definition) is 20. The summed E-state index contributed by atoms with van der Waals surface area (Å²) in [5.74, 6) is -19.8. The third kappa shape index (κ3) is 34.5. The highest BCUT2D eigenvalue weighted by Crippen LogP contribution is 2.17. The van der Waals surface area contributed by atoms with Crippen LogP contribution in [0.25, 0.3) is 0 Å². The summed E-state index contributed by atoms with van der Waals surface area (Å²) < 4.78 is 74.5. The monoisotopic (exact) mass is 1270 g/mol. The highest BCUT2D eigenvalue weighted by molar-refractivity contribution is 5.94. The van der Waals surface area contributed by atoms with Crippen LogP contribution in [-0.2, 0) is 67.1 Å². The summed E-state index contributed by atoms with van der Waals surface area (Å²) in [6.07, 6.45) is -35.9. The molecule has 34 nitrogen and oxygen atoms in total. The molecule has 0 aromatic carbocycles. The van der Waals surface area contributed by atoms with Crippen LogP contribution in [0.5, 0.6) is 0 Å². The van der Waals surface area contributed by atoms with Gasteiger partial charge in [0.05, 0.1) is 43.8 Å². The second kappa shape index (κ2) is 41.6. The first-order chi connectivity index (χ1) is 38.6. The molecule has 0 saturated carbocycles. The molecular formula is C46H74F6N8O26. The van der Waals surface area contributed by atoms with Crippen LogP contribution in [0.4, 0.5) is 26.3 Å². The predicted octanol–water partition coefficient (Wildman–Crippen LogP) is -7.36. The normalized spacial score (nSPS) is 15.3. The molecule has 0 aliphatic rings. The number of carbonyl (C=O) groups is 14. The summed E-state index contributed by atoms with van der Waals surface area (Å²) in [6.45, 7) is -1.29. The van der Waals surface area contributed by atoms with Crippen molar-refractivity contribution in [2.45, 2.75) is 177 Å². The summed E-state index contributed by atoms with van der Waals surface area (Å²) in [7, 11) is 0. The highest BCUT2D eigenvalue weighted by Gasteiger charge is 2.43. The third-order valence-electron chi connectivity index (χ3n) is 10.9. The van der Waals surface area contributed by atoms with Gasteiger partial charge in [0.2, 0.25) is 11.8 Å². The molecule has 0 fully saturated rings. The van der Waals surface area contributed by atoms with Gasteiger partial charge in [-0.25, -0.2) is 0 Å². The van der Waals surface area contributed by atoms with Gasteiger partial charge in [-0.3, -0.25) is 67.1 Å². The van der Waals surface area contributed by atoms with Crippen molar-refractivity contribution in [3.63, 3.8) is 0 Å². The van der Waals surface area contributed by atoms with Crippen LogP contribution in [-0.4, -0.2) is 255 Å². The fraction of sp³-hybridized carbons (Fsp3) is 0.696. The van der Waals surface area contributed by atoms with Gasteiger partial charge in [0.15, 0.2) is 29.6 Å². The van der Waals surface area contributed by atoms with E-state index in [1.807, 2.05) is 10.6 Å². The number of carboxylic acid groups (broad SMARTS) is 4. The Morgan fingerprint density at radius 3 is 0.953 bits per heavy atom. The van der Waals surface area contributed by atoms with Crippen molar-refractivity contribution in [1.82, 2.24) is 31.9 Å². The Morgan fingerprint density at radius 1 is 0.349 bits per heavy atom. The second-order valence-electron chi connectivity index (χ2n) is 17.8. The molecule has 0 aromatic heterocycles. The average Bonchev–Trinajstić information content (AvgIpc) is 3.48. The smallest absolute Gasteiger partial charge is 0.471 e. The number of aliphatic carboxylic acids is 4. The lowest BCUT2D eigenvalue weighted by molar-refractivity contribution is -0.175. The maximum absolute atomic E-state index is 12.4. The van der Waals surface area contributed by atoms with Gasteiger partial charge in [0.1, 0.15) is 48.4 Å². The number of carbonyl (C=O) groups excluding carboxylic acids is 10. The van der Waals surface area contributed by atoms with Crippen molar-refractivity contribution >= 4 is 82.5 Å². The third-order valence-corrected chi connectivity index (χ3v) is 10.9. The summed E-state index contributed by atoms with van der Waals surface area (Å²) in [5.41, 5.74) is 10.8. The van der Waals surface area contributed by atoms with Gasteiger partial charge < -0.3 is 105 Å². The van der Waals surface area contributed by atoms with Crippen molar-refractivity contribution in [3.05, 3.63) is 0 Å². The second-order valence-corrected chi connectivity index (χ2v) is 17.8. The maximum atomic E-state index is 12.4. The lowest BCUT2D eigenvalue weighted by Gasteiger charge is -2.25. The number of alkyl halides is 6. The molecule has 0 rings (SSSR count). The molecule has 0 aromatic rings. The van der Waals surface area contributed by atoms with Gasteiger partial charge in [0.25, 0.3) is 11.8 Å². The SMILES string of the molecule is C.C.N[C@H](CC(=O)O)C(=O)CCCNC(=O)[C@H](O)[C@@H](O)[C@@H](O)[C@H](O)C(=O)CCCNC(=O)[C@H](N)CC(=O)O.O=C(O)CC(NC(=O)C(F)(F)F)C(=O)CCCNC(=O)[C@H](O)[C@@H](O)[C@@H](O)[C@H](O)C(=O)CCCNC(=O)C(CC(=O)O)NC(=O)C(F)(F)F. The molecule has 12 atom stereocenters. The van der Waals surface area contributed by atoms with Crippen LogP contribution in [0.3, 0.4) is 0 Å². The molecule has 0 bridgehead atoms. The zero-order chi connectivity index (χ0) is 65.6. The van der Waals surface area contributed by atoms with Crippen molar-refractivity contribution in [2.75, 3.05) is 26.2 Å². The zero-order valence-electron chi connectivity index (χ0n) is 43.7. The van der Waals surface area contributed by atoms with Crippen molar-refractivity contribution in [1.29, 1.82) is 0 Å². The molecule has 0 saturated heterocycles. The number of amides is 6. The van der Waals surface area contributed by atoms with Crippen LogP contribution in [0, 0.1) is 0 Å². The number of Topliss-reactive ketones (excluding diaryl/α,β-unsaturated/α-hetero) is 4. The fourth-order valence-corrected chi connectivity index (χ4v) is 6.32. The molecule has 0 radical (unpaired) electrons. The Hall–Kier alpha value is -7.44. The molecule has 40 heteroatoms. The molecule has 22 N–H and O–H groups in total. The van der Waals surface area contributed by atoms with E-state index in [9.17, 15) is 134 Å². The van der Waals surface area contributed by atoms with E-state index in [4.69, 9.17) is 31.9 Å². The Kier molecular flexibility index (Phi) is 41.1. The van der Waals surface area contributed by atoms with Crippen LogP contribution in [0.1, 0.15) is 91.9 Å². The molecule has 0 heterocycles. The average molecular weight is 1270 g/mol. The van der Waals surface area contributed by atoms with Crippen LogP contribution in [0.15, 0.2) is 0 Å². The van der Waals surface area contributed by atoms with E-state index in [0.29, 0.717) is 0 Å². The first-order valence-corrected chi connectivity index (χ1v) is 24.4. The quantitative estimate of drug-likeness (QED) is 0.0200. The number of nitrogens with one attached hydrogen (secondary N) is 6. The molecular weight excluding hydrogens is 1190 g/mol. The van der Waals surface area contributed by atoms with E-state index in [-0.39, 0.29) is 66.5 Å². The fourth-order valence-electron chi connectivity index (χ4n) is 6.32. The number of rotatable bonds is 40. The predicted molar refractivity (Wildman–Crippen MR) is 271 cm³/mol. The van der Waals surface area contributed by atoms with Crippen LogP contribution < -0.4 is 43.4 Å². The number of halogens is 6. The lowest BCUT2D eigenvalue weighted by atomic mass is 9.97. The molecule has 0 aliphatic carbocycles. The topological polar surface area (TPSA) is 606 Å². The van der Waals surface area contributed by atoms with Gasteiger partial charge in [0, 0.05) is 51.9 Å². The summed E-state index contributed by atoms with van der Waals surface area (Å²) in [6, 6.07) is -6.71. The Morgan fingerprint density at radius 2 is 0.616 bits per heavy atom. The standard InChI is InChI=1S/C24H32F6N4O14.C20H34N4O12.2CH4/c25-23(26,27)21(47)33-9(7-13(37)38)11(35)3-1-6-32-20(46)18(44)17(43)16(42)15(41)12(36)4-2-5-31-19(45)10(8-14(39)40)34-22(48)24(28,29)30;21-9(7-13(27)28)11(25)3-1-6-24-20(36)18(34)17(33)16(32)15(31)12(26)4-2-5-23-19(35)10(22)8-14(29)30;;/h9-10,15-18,41-44H,1-8H2,(H,31,45)(H,32,46)(H,33,47)(H,34,48)(H,37,38)(H,39,40);9-10,15-18,31-34H,1-8,21-22H2,(H,23,35)(H,24,36)(H,27,28)(H,29,30);2*1H4/t9?,10?,15-,16+,17+,18-;9-,10-,15-,16+,17+,18-;;/m11../s1. The first kappa shape index (κ1) is 85.0. The summed E-state index contributed by atoms with van der Waals surface area (Å²) >= 11 is 0. The van der Waals surface area contributed by atoms with E-state index in [2.05, 4.69) is 10.6 Å². The van der Waals surface area contributed by atoms with Gasteiger partial charge in [-0.05, 0) is 25.7 Å². The minimum atomic E-state index is -5.43. The maximum Gasteiger partial charge on any atom is 0.471 e. The summed E-state index contributed by atoms with van der Waals surface area (Å²) in [4.78, 5) is 160. The largest absolute Gasteiger partial charge is 0.481 e. The van der Waals surface area contributed by atoms with E-state index in [0.717, 1.165) is 0 Å². The number of aliphatic hydroxyl groups excluding tert-OH is 8. The molecule has 0 aliphatic heterocycles. The molecule has 496 valence electrons. The lowest BCUT2D eigenvalue weighted by Crippen LogP contribution is -2.53. The number of hydrogen-bond acceptors (Lipinski definition) is 24. The van der Waals surface area contributed by atoms with Gasteiger partial charge >= 0.3 is 48.0 Å². The number of nitrogens with two attached hydrogens (primary N) is 2. The minimum absolute atomic E-state index is 0. The van der Waals surface area contributed by atoms with Gasteiger partial charge in [-0.2, -0.15) is 26.3 Å². The van der Waals surface area contributed by atoms with Crippen LogP contribution in [0.2, 0.25) is 0 Å². The van der Waals surface area contributed by atoms with Crippen LogP contribution >= 0.6 is 0 Å². The van der Waals surface area contributed by atoms with E-state index < -0.39 is 219 Å².